The highest BCUT2D eigenvalue weighted by molar-refractivity contribution is 5.88. The zero-order valence-corrected chi connectivity index (χ0v) is 11.8. The van der Waals surface area contributed by atoms with Gasteiger partial charge in [0.25, 0.3) is 0 Å². The fourth-order valence-electron chi connectivity index (χ4n) is 2.18. The van der Waals surface area contributed by atoms with Crippen molar-refractivity contribution < 1.29 is 14.3 Å². The van der Waals surface area contributed by atoms with E-state index in [1.54, 1.807) is 0 Å². The third-order valence-electron chi connectivity index (χ3n) is 3.10. The lowest BCUT2D eigenvalue weighted by Gasteiger charge is -2.15. The topological polar surface area (TPSA) is 61.5 Å². The van der Waals surface area contributed by atoms with Crippen LogP contribution in [0.5, 0.6) is 5.75 Å². The quantitative estimate of drug-likeness (QED) is 0.849. The molecule has 0 aromatic heterocycles. The van der Waals surface area contributed by atoms with Crippen LogP contribution < -0.4 is 10.5 Å². The number of esters is 1. The lowest BCUT2D eigenvalue weighted by molar-refractivity contribution is -0.142. The molecule has 0 aliphatic rings. The Bertz CT molecular complexity index is 608. The zero-order chi connectivity index (χ0) is 14.5. The molecule has 0 amide bonds. The molecular weight excluding hydrogens is 254 g/mol. The third kappa shape index (κ3) is 3.27. The first kappa shape index (κ1) is 14.3. The smallest absolute Gasteiger partial charge is 0.343 e. The van der Waals surface area contributed by atoms with Gasteiger partial charge in [-0.15, -0.1) is 0 Å². The van der Waals surface area contributed by atoms with Crippen molar-refractivity contribution in [3.05, 3.63) is 42.0 Å². The second kappa shape index (κ2) is 6.39. The van der Waals surface area contributed by atoms with Crippen LogP contribution in [-0.2, 0) is 16.0 Å². The van der Waals surface area contributed by atoms with E-state index in [0.717, 1.165) is 16.3 Å². The number of rotatable bonds is 5. The minimum absolute atomic E-state index is 0.0151. The number of fused-ring (bicyclic) bond motifs is 1. The molecule has 0 aliphatic carbocycles. The molecule has 4 nitrogen and oxygen atoms in total. The Morgan fingerprint density at radius 3 is 2.70 bits per heavy atom. The predicted molar refractivity (Wildman–Crippen MR) is 78.8 cm³/mol. The molecule has 20 heavy (non-hydrogen) atoms. The summed E-state index contributed by atoms with van der Waals surface area (Å²) in [6.45, 7) is 1.85. The summed E-state index contributed by atoms with van der Waals surface area (Å²) in [5, 5.41) is 2.24. The molecule has 2 aromatic carbocycles. The average Bonchev–Trinajstić information content (AvgIpc) is 2.45. The molecule has 1 unspecified atom stereocenters. The molecule has 1 atom stereocenters. The maximum absolute atomic E-state index is 11.2. The van der Waals surface area contributed by atoms with Crippen LogP contribution in [0.2, 0.25) is 0 Å². The standard InChI is InChI=1S/C16H19NO3/c1-11(17)9-14-13-6-4-3-5-12(13)7-8-15(14)20-10-16(18)19-2/h3-8,11H,9-10,17H2,1-2H3. The molecule has 0 saturated heterocycles. The number of hydrogen-bond acceptors (Lipinski definition) is 4. The molecule has 0 fully saturated rings. The molecule has 2 aromatic rings. The predicted octanol–water partition coefficient (Wildman–Crippen LogP) is 2.28. The van der Waals surface area contributed by atoms with Crippen LogP contribution in [0.3, 0.4) is 0 Å². The molecule has 2 N–H and O–H groups in total. The van der Waals surface area contributed by atoms with Gasteiger partial charge in [-0.05, 0) is 30.2 Å². The van der Waals surface area contributed by atoms with Crippen LogP contribution >= 0.6 is 0 Å². The minimum atomic E-state index is -0.398. The van der Waals surface area contributed by atoms with Crippen molar-refractivity contribution in [2.75, 3.05) is 13.7 Å². The molecule has 0 radical (unpaired) electrons. The molecule has 106 valence electrons. The molecule has 0 aliphatic heterocycles. The Morgan fingerprint density at radius 2 is 2.00 bits per heavy atom. The summed E-state index contributed by atoms with van der Waals surface area (Å²) < 4.78 is 10.2. The molecule has 4 heteroatoms. The Labute approximate surface area is 118 Å². The first-order valence-corrected chi connectivity index (χ1v) is 6.57. The molecule has 0 bridgehead atoms. The van der Waals surface area contributed by atoms with E-state index >= 15 is 0 Å². The highest BCUT2D eigenvalue weighted by Gasteiger charge is 2.12. The van der Waals surface area contributed by atoms with E-state index in [2.05, 4.69) is 4.74 Å². The van der Waals surface area contributed by atoms with Crippen LogP contribution in [0.25, 0.3) is 10.8 Å². The molecule has 0 heterocycles. The number of benzene rings is 2. The SMILES string of the molecule is COC(=O)COc1ccc2ccccc2c1CC(C)N. The van der Waals surface area contributed by atoms with Gasteiger partial charge in [0.1, 0.15) is 5.75 Å². The summed E-state index contributed by atoms with van der Waals surface area (Å²) in [6.07, 6.45) is 0.692. The fourth-order valence-corrected chi connectivity index (χ4v) is 2.18. The van der Waals surface area contributed by atoms with Gasteiger partial charge in [-0.2, -0.15) is 0 Å². The highest BCUT2D eigenvalue weighted by atomic mass is 16.6. The monoisotopic (exact) mass is 273 g/mol. The number of ether oxygens (including phenoxy) is 2. The van der Waals surface area contributed by atoms with E-state index in [-0.39, 0.29) is 12.6 Å². The van der Waals surface area contributed by atoms with Gasteiger partial charge in [0.2, 0.25) is 0 Å². The second-order valence-electron chi connectivity index (χ2n) is 4.81. The van der Waals surface area contributed by atoms with E-state index in [1.807, 2.05) is 43.3 Å². The summed E-state index contributed by atoms with van der Waals surface area (Å²) >= 11 is 0. The number of nitrogens with two attached hydrogens (primary N) is 1. The van der Waals surface area contributed by atoms with Crippen LogP contribution in [0, 0.1) is 0 Å². The van der Waals surface area contributed by atoms with Gasteiger partial charge < -0.3 is 15.2 Å². The van der Waals surface area contributed by atoms with Gasteiger partial charge in [-0.25, -0.2) is 4.79 Å². The Balaban J connectivity index is 2.39. The minimum Gasteiger partial charge on any atom is -0.482 e. The zero-order valence-electron chi connectivity index (χ0n) is 11.8. The van der Waals surface area contributed by atoms with Crippen molar-refractivity contribution in [2.24, 2.45) is 5.73 Å². The molecule has 0 saturated carbocycles. The van der Waals surface area contributed by atoms with Crippen molar-refractivity contribution in [1.29, 1.82) is 0 Å². The number of carbonyl (C=O) groups excluding carboxylic acids is 1. The van der Waals surface area contributed by atoms with Crippen LogP contribution in [0.15, 0.2) is 36.4 Å². The Morgan fingerprint density at radius 1 is 1.25 bits per heavy atom. The number of carbonyl (C=O) groups is 1. The summed E-state index contributed by atoms with van der Waals surface area (Å²) in [4.78, 5) is 11.2. The lowest BCUT2D eigenvalue weighted by Crippen LogP contribution is -2.19. The van der Waals surface area contributed by atoms with E-state index in [0.29, 0.717) is 12.2 Å². The Kier molecular flexibility index (Phi) is 4.58. The van der Waals surface area contributed by atoms with Gasteiger partial charge in [0.15, 0.2) is 6.61 Å². The maximum Gasteiger partial charge on any atom is 0.343 e. The van der Waals surface area contributed by atoms with Crippen molar-refractivity contribution in [2.45, 2.75) is 19.4 Å². The van der Waals surface area contributed by atoms with Crippen molar-refractivity contribution in [3.63, 3.8) is 0 Å². The lowest BCUT2D eigenvalue weighted by atomic mass is 9.98. The Hall–Kier alpha value is -2.07. The molecular formula is C16H19NO3. The second-order valence-corrected chi connectivity index (χ2v) is 4.81. The van der Waals surface area contributed by atoms with E-state index in [1.165, 1.54) is 7.11 Å². The van der Waals surface area contributed by atoms with E-state index in [4.69, 9.17) is 10.5 Å². The van der Waals surface area contributed by atoms with Gasteiger partial charge in [-0.3, -0.25) is 0 Å². The van der Waals surface area contributed by atoms with Crippen molar-refractivity contribution in [1.82, 2.24) is 0 Å². The maximum atomic E-state index is 11.2. The van der Waals surface area contributed by atoms with Gasteiger partial charge >= 0.3 is 5.97 Å². The fraction of sp³-hybridized carbons (Fsp3) is 0.312. The van der Waals surface area contributed by atoms with Gasteiger partial charge in [0.05, 0.1) is 7.11 Å². The highest BCUT2D eigenvalue weighted by Crippen LogP contribution is 2.29. The molecule has 0 spiro atoms. The number of hydrogen-bond donors (Lipinski definition) is 1. The summed E-state index contributed by atoms with van der Waals surface area (Å²) in [6, 6.07) is 11.9. The van der Waals surface area contributed by atoms with Gasteiger partial charge in [0, 0.05) is 11.6 Å². The summed E-state index contributed by atoms with van der Waals surface area (Å²) in [7, 11) is 1.34. The largest absolute Gasteiger partial charge is 0.482 e. The van der Waals surface area contributed by atoms with E-state index < -0.39 is 5.97 Å². The van der Waals surface area contributed by atoms with E-state index in [9.17, 15) is 4.79 Å². The molecule has 2 rings (SSSR count). The third-order valence-corrected chi connectivity index (χ3v) is 3.10. The normalized spacial score (nSPS) is 12.2. The van der Waals surface area contributed by atoms with Crippen LogP contribution in [0.1, 0.15) is 12.5 Å². The van der Waals surface area contributed by atoms with Crippen LogP contribution in [-0.4, -0.2) is 25.7 Å². The van der Waals surface area contributed by atoms with Crippen molar-refractivity contribution >= 4 is 16.7 Å². The van der Waals surface area contributed by atoms with Crippen molar-refractivity contribution in [3.8, 4) is 5.75 Å². The summed E-state index contributed by atoms with van der Waals surface area (Å²) in [5.74, 6) is 0.288. The van der Waals surface area contributed by atoms with Crippen LogP contribution in [0.4, 0.5) is 0 Å². The number of methoxy groups -OCH3 is 1. The average molecular weight is 273 g/mol. The first-order chi connectivity index (χ1) is 9.61. The first-order valence-electron chi connectivity index (χ1n) is 6.57. The van der Waals surface area contributed by atoms with Gasteiger partial charge in [-0.1, -0.05) is 30.3 Å². The summed E-state index contributed by atoms with van der Waals surface area (Å²) in [5.41, 5.74) is 6.95.